The Morgan fingerprint density at radius 1 is 1.13 bits per heavy atom. The minimum Gasteiger partial charge on any atom is -0.496 e. The van der Waals surface area contributed by atoms with E-state index in [0.29, 0.717) is 34.9 Å². The van der Waals surface area contributed by atoms with Crippen molar-refractivity contribution in [3.8, 4) is 11.5 Å². The summed E-state index contributed by atoms with van der Waals surface area (Å²) in [6, 6.07) is 12.6. The normalized spacial score (nSPS) is 10.5. The molecule has 1 aromatic heterocycles. The molecule has 162 valence electrons. The topological polar surface area (TPSA) is 94.5 Å². The summed E-state index contributed by atoms with van der Waals surface area (Å²) < 4.78 is 13.7. The molecule has 0 bridgehead atoms. The molecule has 0 aliphatic carbocycles. The molecule has 0 radical (unpaired) electrons. The standard InChI is InChI=1S/C22H23BrN4O4/c1-4-27-12-17(20(26-27)22(29)24-2)25-21(28)14-9-10-18(30-3)15(11-14)13-31-19-8-6-5-7-16(19)23/h5-12H,4,13H2,1-3H3,(H,24,29)(H,25,28). The van der Waals surface area contributed by atoms with Gasteiger partial charge < -0.3 is 20.1 Å². The van der Waals surface area contributed by atoms with E-state index in [1.165, 1.54) is 7.05 Å². The summed E-state index contributed by atoms with van der Waals surface area (Å²) in [6.45, 7) is 2.68. The first-order valence-electron chi connectivity index (χ1n) is 9.62. The average Bonchev–Trinajstić information content (AvgIpc) is 3.20. The zero-order chi connectivity index (χ0) is 22.4. The van der Waals surface area contributed by atoms with Crippen LogP contribution in [0.5, 0.6) is 11.5 Å². The number of anilines is 1. The second kappa shape index (κ2) is 10.1. The van der Waals surface area contributed by atoms with Gasteiger partial charge in [-0.2, -0.15) is 5.10 Å². The van der Waals surface area contributed by atoms with Crippen LogP contribution in [0.3, 0.4) is 0 Å². The van der Waals surface area contributed by atoms with Crippen molar-refractivity contribution >= 4 is 33.4 Å². The van der Waals surface area contributed by atoms with Gasteiger partial charge in [0.25, 0.3) is 11.8 Å². The van der Waals surface area contributed by atoms with Crippen LogP contribution in [0.25, 0.3) is 0 Å². The molecule has 3 aromatic rings. The van der Waals surface area contributed by atoms with Gasteiger partial charge in [-0.15, -0.1) is 0 Å². The molecule has 0 fully saturated rings. The van der Waals surface area contributed by atoms with Gasteiger partial charge in [-0.05, 0) is 53.2 Å². The molecule has 3 rings (SSSR count). The van der Waals surface area contributed by atoms with Crippen LogP contribution in [-0.2, 0) is 13.2 Å². The largest absolute Gasteiger partial charge is 0.496 e. The zero-order valence-corrected chi connectivity index (χ0v) is 19.0. The molecular weight excluding hydrogens is 464 g/mol. The van der Waals surface area contributed by atoms with Crippen LogP contribution < -0.4 is 20.1 Å². The van der Waals surface area contributed by atoms with Crippen molar-refractivity contribution in [3.63, 3.8) is 0 Å². The molecule has 2 aromatic carbocycles. The Morgan fingerprint density at radius 3 is 2.58 bits per heavy atom. The quantitative estimate of drug-likeness (QED) is 0.503. The number of nitrogens with zero attached hydrogens (tertiary/aromatic N) is 2. The summed E-state index contributed by atoms with van der Waals surface area (Å²) in [7, 11) is 3.07. The lowest BCUT2D eigenvalue weighted by atomic mass is 10.1. The Hall–Kier alpha value is -3.33. The van der Waals surface area contributed by atoms with Crippen molar-refractivity contribution in [3.05, 3.63) is 70.0 Å². The molecule has 0 unspecified atom stereocenters. The third kappa shape index (κ3) is 5.24. The lowest BCUT2D eigenvalue weighted by Gasteiger charge is -2.13. The fourth-order valence-corrected chi connectivity index (χ4v) is 3.30. The van der Waals surface area contributed by atoms with E-state index in [1.54, 1.807) is 36.2 Å². The Balaban J connectivity index is 1.82. The fraction of sp³-hybridized carbons (Fsp3) is 0.227. The SMILES string of the molecule is CCn1cc(NC(=O)c2ccc(OC)c(COc3ccccc3Br)c2)c(C(=O)NC)n1. The van der Waals surface area contributed by atoms with Gasteiger partial charge >= 0.3 is 0 Å². The molecular formula is C22H23BrN4O4. The maximum atomic E-state index is 12.9. The minimum atomic E-state index is -0.375. The fourth-order valence-electron chi connectivity index (χ4n) is 2.91. The number of amides is 2. The van der Waals surface area contributed by atoms with Crippen LogP contribution in [0.15, 0.2) is 53.1 Å². The number of rotatable bonds is 8. The highest BCUT2D eigenvalue weighted by atomic mass is 79.9. The van der Waals surface area contributed by atoms with Gasteiger partial charge in [0.05, 0.1) is 17.3 Å². The number of carbonyl (C=O) groups excluding carboxylic acids is 2. The number of para-hydroxylation sites is 1. The number of hydrogen-bond acceptors (Lipinski definition) is 5. The second-order valence-corrected chi connectivity index (χ2v) is 7.38. The van der Waals surface area contributed by atoms with Crippen LogP contribution in [0.4, 0.5) is 5.69 Å². The van der Waals surface area contributed by atoms with Crippen molar-refractivity contribution < 1.29 is 19.1 Å². The molecule has 8 nitrogen and oxygen atoms in total. The summed E-state index contributed by atoms with van der Waals surface area (Å²) in [5.74, 6) is 0.542. The molecule has 0 saturated carbocycles. The number of carbonyl (C=O) groups is 2. The first-order valence-corrected chi connectivity index (χ1v) is 10.4. The molecule has 0 atom stereocenters. The minimum absolute atomic E-state index is 0.156. The van der Waals surface area contributed by atoms with Gasteiger partial charge in [-0.1, -0.05) is 12.1 Å². The van der Waals surface area contributed by atoms with E-state index in [2.05, 4.69) is 31.7 Å². The number of methoxy groups -OCH3 is 1. The van der Waals surface area contributed by atoms with Gasteiger partial charge in [0, 0.05) is 30.9 Å². The molecule has 31 heavy (non-hydrogen) atoms. The molecule has 2 amide bonds. The van der Waals surface area contributed by atoms with Gasteiger partial charge in [-0.3, -0.25) is 14.3 Å². The number of aryl methyl sites for hydroxylation is 1. The third-order valence-corrected chi connectivity index (χ3v) is 5.19. The Bertz CT molecular complexity index is 1100. The molecule has 1 heterocycles. The van der Waals surface area contributed by atoms with Crippen molar-refractivity contribution in [2.45, 2.75) is 20.1 Å². The predicted octanol–water partition coefficient (Wildman–Crippen LogP) is 3.87. The lowest BCUT2D eigenvalue weighted by molar-refractivity contribution is 0.0958. The van der Waals surface area contributed by atoms with Crippen molar-refractivity contribution in [1.29, 1.82) is 0 Å². The van der Waals surface area contributed by atoms with Crippen molar-refractivity contribution in [2.75, 3.05) is 19.5 Å². The van der Waals surface area contributed by atoms with Gasteiger partial charge in [0.2, 0.25) is 0 Å². The summed E-state index contributed by atoms with van der Waals surface area (Å²) in [5.41, 5.74) is 1.61. The van der Waals surface area contributed by atoms with E-state index in [0.717, 1.165) is 4.47 Å². The summed E-state index contributed by atoms with van der Waals surface area (Å²) >= 11 is 3.45. The average molecular weight is 487 g/mol. The highest BCUT2D eigenvalue weighted by molar-refractivity contribution is 9.10. The first kappa shape index (κ1) is 22.4. The smallest absolute Gasteiger partial charge is 0.273 e. The number of benzene rings is 2. The van der Waals surface area contributed by atoms with E-state index in [4.69, 9.17) is 9.47 Å². The monoisotopic (exact) mass is 486 g/mol. The van der Waals surface area contributed by atoms with E-state index in [1.807, 2.05) is 31.2 Å². The van der Waals surface area contributed by atoms with Crippen LogP contribution >= 0.6 is 15.9 Å². The number of hydrogen-bond donors (Lipinski definition) is 2. The maximum absolute atomic E-state index is 12.9. The molecule has 0 saturated heterocycles. The third-order valence-electron chi connectivity index (χ3n) is 4.54. The van der Waals surface area contributed by atoms with E-state index in [9.17, 15) is 9.59 Å². The summed E-state index contributed by atoms with van der Waals surface area (Å²) in [6.07, 6.45) is 1.63. The van der Waals surface area contributed by atoms with Gasteiger partial charge in [-0.25, -0.2) is 0 Å². The predicted molar refractivity (Wildman–Crippen MR) is 121 cm³/mol. The van der Waals surface area contributed by atoms with Gasteiger partial charge in [0.1, 0.15) is 18.1 Å². The number of halogens is 1. The summed E-state index contributed by atoms with van der Waals surface area (Å²) in [4.78, 5) is 25.0. The summed E-state index contributed by atoms with van der Waals surface area (Å²) in [5, 5.41) is 9.51. The highest BCUT2D eigenvalue weighted by Crippen LogP contribution is 2.27. The Labute approximate surface area is 188 Å². The Kier molecular flexibility index (Phi) is 7.30. The lowest BCUT2D eigenvalue weighted by Crippen LogP contribution is -2.21. The number of aromatic nitrogens is 2. The highest BCUT2D eigenvalue weighted by Gasteiger charge is 2.19. The molecule has 2 N–H and O–H groups in total. The molecule has 0 aliphatic rings. The van der Waals surface area contributed by atoms with Gasteiger partial charge in [0.15, 0.2) is 5.69 Å². The van der Waals surface area contributed by atoms with Crippen molar-refractivity contribution in [2.24, 2.45) is 0 Å². The first-order chi connectivity index (χ1) is 15.0. The van der Waals surface area contributed by atoms with E-state index >= 15 is 0 Å². The maximum Gasteiger partial charge on any atom is 0.273 e. The molecule has 0 spiro atoms. The molecule has 9 heteroatoms. The van der Waals surface area contributed by atoms with E-state index < -0.39 is 0 Å². The zero-order valence-electron chi connectivity index (χ0n) is 17.4. The number of ether oxygens (including phenoxy) is 2. The van der Waals surface area contributed by atoms with Crippen molar-refractivity contribution in [1.82, 2.24) is 15.1 Å². The van der Waals surface area contributed by atoms with Crippen LogP contribution in [0, 0.1) is 0 Å². The van der Waals surface area contributed by atoms with Crippen LogP contribution in [0.2, 0.25) is 0 Å². The van der Waals surface area contributed by atoms with Crippen LogP contribution in [-0.4, -0.2) is 35.8 Å². The molecule has 0 aliphatic heterocycles. The van der Waals surface area contributed by atoms with Crippen LogP contribution in [0.1, 0.15) is 33.3 Å². The van der Waals surface area contributed by atoms with E-state index in [-0.39, 0.29) is 24.1 Å². The second-order valence-electron chi connectivity index (χ2n) is 6.53. The Morgan fingerprint density at radius 2 is 1.90 bits per heavy atom. The number of nitrogens with one attached hydrogen (secondary N) is 2.